The second kappa shape index (κ2) is 4.29. The Bertz CT molecular complexity index is 142. The maximum absolute atomic E-state index is 9.87. The third-order valence-electron chi connectivity index (χ3n) is 1.57. The predicted octanol–water partition coefficient (Wildman–Crippen LogP) is 1.54. The molecule has 1 atom stereocenters. The zero-order valence-electron chi connectivity index (χ0n) is 7.37. The second-order valence-electron chi connectivity index (χ2n) is 3.68. The number of carbonyl (C=O) groups is 1. The zero-order valence-corrected chi connectivity index (χ0v) is 7.37. The van der Waals surface area contributed by atoms with Crippen LogP contribution in [0.1, 0.15) is 27.2 Å². The van der Waals surface area contributed by atoms with Crippen LogP contribution < -0.4 is 0 Å². The lowest BCUT2D eigenvalue weighted by Gasteiger charge is -2.24. The summed E-state index contributed by atoms with van der Waals surface area (Å²) in [4.78, 5) is 9.87. The Labute approximate surface area is 67.9 Å². The minimum absolute atomic E-state index is 0.104. The number of aliphatic hydroxyl groups excluding tert-OH is 1. The summed E-state index contributed by atoms with van der Waals surface area (Å²) in [5.41, 5.74) is -0.104. The van der Waals surface area contributed by atoms with Gasteiger partial charge in [0.05, 0.1) is 6.10 Å². The first-order valence-corrected chi connectivity index (χ1v) is 3.77. The molecule has 0 aromatic rings. The molecule has 1 unspecified atom stereocenters. The Morgan fingerprint density at radius 2 is 2.00 bits per heavy atom. The van der Waals surface area contributed by atoms with E-state index in [2.05, 4.69) is 0 Å². The molecule has 0 fully saturated rings. The first-order chi connectivity index (χ1) is 4.98. The molecular formula is C9H16O2. The van der Waals surface area contributed by atoms with Crippen LogP contribution in [0.25, 0.3) is 0 Å². The van der Waals surface area contributed by atoms with Crippen LogP contribution in [0, 0.1) is 5.41 Å². The average Bonchev–Trinajstić information content (AvgIpc) is 1.86. The lowest BCUT2D eigenvalue weighted by molar-refractivity contribution is -0.104. The van der Waals surface area contributed by atoms with E-state index >= 15 is 0 Å². The molecule has 0 bridgehead atoms. The summed E-state index contributed by atoms with van der Waals surface area (Å²) in [7, 11) is 0. The summed E-state index contributed by atoms with van der Waals surface area (Å²) in [5.74, 6) is 0. The Kier molecular flexibility index (Phi) is 4.04. The monoisotopic (exact) mass is 156 g/mol. The number of hydrogen-bond acceptors (Lipinski definition) is 2. The molecule has 11 heavy (non-hydrogen) atoms. The molecule has 0 radical (unpaired) electrons. The van der Waals surface area contributed by atoms with Gasteiger partial charge in [-0.15, -0.1) is 0 Å². The van der Waals surface area contributed by atoms with Gasteiger partial charge in [-0.2, -0.15) is 0 Å². The van der Waals surface area contributed by atoms with Gasteiger partial charge in [-0.05, 0) is 17.9 Å². The molecule has 2 nitrogen and oxygen atoms in total. The molecule has 0 saturated carbocycles. The van der Waals surface area contributed by atoms with Crippen molar-refractivity contribution < 1.29 is 9.90 Å². The normalized spacial score (nSPS) is 15.3. The van der Waals surface area contributed by atoms with Crippen molar-refractivity contribution in [3.63, 3.8) is 0 Å². The minimum Gasteiger partial charge on any atom is -0.392 e. The van der Waals surface area contributed by atoms with E-state index in [-0.39, 0.29) is 11.5 Å². The maximum Gasteiger partial charge on any atom is 0.142 e. The van der Waals surface area contributed by atoms with E-state index in [4.69, 9.17) is 0 Å². The van der Waals surface area contributed by atoms with Gasteiger partial charge in [-0.1, -0.05) is 26.8 Å². The lowest BCUT2D eigenvalue weighted by Crippen LogP contribution is -2.24. The Balaban J connectivity index is 3.78. The number of aldehydes is 1. The number of aliphatic hydroxyl groups is 1. The fourth-order valence-electron chi connectivity index (χ4n) is 0.617. The average molecular weight is 156 g/mol. The molecule has 0 spiro atoms. The summed E-state index contributed by atoms with van der Waals surface area (Å²) < 4.78 is 0. The largest absolute Gasteiger partial charge is 0.392 e. The molecule has 0 aliphatic heterocycles. The smallest absolute Gasteiger partial charge is 0.142 e. The molecule has 0 rings (SSSR count). The van der Waals surface area contributed by atoms with Gasteiger partial charge in [0.1, 0.15) is 6.29 Å². The zero-order chi connectivity index (χ0) is 8.91. The Morgan fingerprint density at radius 1 is 1.45 bits per heavy atom. The van der Waals surface area contributed by atoms with Gasteiger partial charge in [0.15, 0.2) is 0 Å². The molecule has 0 saturated heterocycles. The maximum atomic E-state index is 9.87. The number of hydrogen-bond donors (Lipinski definition) is 1. The highest BCUT2D eigenvalue weighted by atomic mass is 16.3. The molecule has 0 aromatic carbocycles. The molecule has 0 heterocycles. The van der Waals surface area contributed by atoms with Crippen molar-refractivity contribution in [1.29, 1.82) is 0 Å². The van der Waals surface area contributed by atoms with Gasteiger partial charge in [0, 0.05) is 0 Å². The summed E-state index contributed by atoms with van der Waals surface area (Å²) >= 11 is 0. The van der Waals surface area contributed by atoms with Gasteiger partial charge >= 0.3 is 0 Å². The van der Waals surface area contributed by atoms with Crippen molar-refractivity contribution >= 4 is 6.29 Å². The molecule has 2 heteroatoms. The van der Waals surface area contributed by atoms with Crippen LogP contribution in [0.2, 0.25) is 0 Å². The second-order valence-corrected chi connectivity index (χ2v) is 3.68. The summed E-state index contributed by atoms with van der Waals surface area (Å²) in [5, 5.41) is 9.45. The van der Waals surface area contributed by atoms with E-state index in [1.54, 1.807) is 6.08 Å². The van der Waals surface area contributed by atoms with Crippen LogP contribution in [-0.2, 0) is 4.79 Å². The topological polar surface area (TPSA) is 37.3 Å². The first kappa shape index (κ1) is 10.4. The third kappa shape index (κ3) is 4.73. The van der Waals surface area contributed by atoms with Crippen molar-refractivity contribution in [3.05, 3.63) is 12.2 Å². The van der Waals surface area contributed by atoms with Gasteiger partial charge in [0.2, 0.25) is 0 Å². The van der Waals surface area contributed by atoms with E-state index in [1.807, 2.05) is 20.8 Å². The highest BCUT2D eigenvalue weighted by Gasteiger charge is 2.20. The Hall–Kier alpha value is -0.630. The van der Waals surface area contributed by atoms with E-state index in [0.717, 1.165) is 6.29 Å². The number of carbonyl (C=O) groups excluding carboxylic acids is 1. The van der Waals surface area contributed by atoms with Crippen molar-refractivity contribution in [1.82, 2.24) is 0 Å². The highest BCUT2D eigenvalue weighted by Crippen LogP contribution is 2.21. The van der Waals surface area contributed by atoms with E-state index < -0.39 is 0 Å². The SMILES string of the molecule is CC(C)(C)C(O)CC=CC=O. The van der Waals surface area contributed by atoms with Crippen molar-refractivity contribution in [2.45, 2.75) is 33.3 Å². The van der Waals surface area contributed by atoms with Gasteiger partial charge in [0.25, 0.3) is 0 Å². The van der Waals surface area contributed by atoms with Crippen LogP contribution >= 0.6 is 0 Å². The third-order valence-corrected chi connectivity index (χ3v) is 1.57. The first-order valence-electron chi connectivity index (χ1n) is 3.77. The summed E-state index contributed by atoms with van der Waals surface area (Å²) in [6.45, 7) is 5.89. The Morgan fingerprint density at radius 3 is 2.36 bits per heavy atom. The van der Waals surface area contributed by atoms with Crippen molar-refractivity contribution in [2.75, 3.05) is 0 Å². The predicted molar refractivity (Wildman–Crippen MR) is 45.3 cm³/mol. The van der Waals surface area contributed by atoms with Crippen LogP contribution in [0.5, 0.6) is 0 Å². The molecule has 1 N–H and O–H groups in total. The molecule has 0 aliphatic carbocycles. The van der Waals surface area contributed by atoms with Crippen LogP contribution in [-0.4, -0.2) is 17.5 Å². The number of rotatable bonds is 3. The fourth-order valence-corrected chi connectivity index (χ4v) is 0.617. The molecule has 64 valence electrons. The van der Waals surface area contributed by atoms with Crippen LogP contribution in [0.3, 0.4) is 0 Å². The minimum atomic E-state index is -0.376. The van der Waals surface area contributed by atoms with Gasteiger partial charge in [-0.25, -0.2) is 0 Å². The van der Waals surface area contributed by atoms with Gasteiger partial charge < -0.3 is 5.11 Å². The molecule has 0 aromatic heterocycles. The van der Waals surface area contributed by atoms with E-state index in [0.29, 0.717) is 6.42 Å². The standard InChI is InChI=1S/C9H16O2/c1-9(2,3)8(11)6-4-5-7-10/h4-5,7-8,11H,6H2,1-3H3. The summed E-state index contributed by atoms with van der Waals surface area (Å²) in [6, 6.07) is 0. The van der Waals surface area contributed by atoms with Gasteiger partial charge in [-0.3, -0.25) is 4.79 Å². The van der Waals surface area contributed by atoms with E-state index in [9.17, 15) is 9.90 Å². The van der Waals surface area contributed by atoms with Crippen LogP contribution in [0.15, 0.2) is 12.2 Å². The highest BCUT2D eigenvalue weighted by molar-refractivity contribution is 5.64. The fraction of sp³-hybridized carbons (Fsp3) is 0.667. The number of allylic oxidation sites excluding steroid dienone is 1. The molecule has 0 aliphatic rings. The van der Waals surface area contributed by atoms with Crippen LogP contribution in [0.4, 0.5) is 0 Å². The van der Waals surface area contributed by atoms with E-state index in [1.165, 1.54) is 6.08 Å². The van der Waals surface area contributed by atoms with Crippen molar-refractivity contribution in [2.24, 2.45) is 5.41 Å². The quantitative estimate of drug-likeness (QED) is 0.497. The summed E-state index contributed by atoms with van der Waals surface area (Å²) in [6.07, 6.45) is 3.98. The molecule has 0 amide bonds. The molecular weight excluding hydrogens is 140 g/mol. The lowest BCUT2D eigenvalue weighted by atomic mass is 9.87. The van der Waals surface area contributed by atoms with Crippen molar-refractivity contribution in [3.8, 4) is 0 Å².